The van der Waals surface area contributed by atoms with Gasteiger partial charge in [-0.2, -0.15) is 0 Å². The summed E-state index contributed by atoms with van der Waals surface area (Å²) < 4.78 is 6.30. The van der Waals surface area contributed by atoms with Gasteiger partial charge < -0.3 is 15.4 Å². The SMILES string of the molecule is CN(CC1CCCOC1)C(=O)c1cc(Br)ccc1N. The van der Waals surface area contributed by atoms with Gasteiger partial charge in [-0.25, -0.2) is 0 Å². The monoisotopic (exact) mass is 326 g/mol. The second-order valence-electron chi connectivity index (χ2n) is 5.00. The summed E-state index contributed by atoms with van der Waals surface area (Å²) in [6.07, 6.45) is 2.19. The van der Waals surface area contributed by atoms with E-state index in [-0.39, 0.29) is 5.91 Å². The predicted molar refractivity (Wildman–Crippen MR) is 79.1 cm³/mol. The summed E-state index contributed by atoms with van der Waals surface area (Å²) in [6, 6.07) is 5.35. The van der Waals surface area contributed by atoms with E-state index in [1.807, 2.05) is 13.1 Å². The van der Waals surface area contributed by atoms with Gasteiger partial charge in [-0.05, 0) is 37.0 Å². The molecule has 1 unspecified atom stereocenters. The summed E-state index contributed by atoms with van der Waals surface area (Å²) in [4.78, 5) is 14.1. The van der Waals surface area contributed by atoms with Crippen molar-refractivity contribution in [3.8, 4) is 0 Å². The van der Waals surface area contributed by atoms with Crippen molar-refractivity contribution in [2.45, 2.75) is 12.8 Å². The number of anilines is 1. The van der Waals surface area contributed by atoms with E-state index in [1.54, 1.807) is 17.0 Å². The Morgan fingerprint density at radius 2 is 2.37 bits per heavy atom. The molecule has 4 nitrogen and oxygen atoms in total. The van der Waals surface area contributed by atoms with Gasteiger partial charge in [-0.3, -0.25) is 4.79 Å². The molecule has 0 spiro atoms. The molecule has 1 aromatic rings. The Kier molecular flexibility index (Phi) is 4.82. The third-order valence-corrected chi connectivity index (χ3v) is 3.87. The van der Waals surface area contributed by atoms with Gasteiger partial charge in [0.2, 0.25) is 0 Å². The van der Waals surface area contributed by atoms with Gasteiger partial charge in [0, 0.05) is 30.4 Å². The summed E-state index contributed by atoms with van der Waals surface area (Å²) in [5.41, 5.74) is 6.93. The first kappa shape index (κ1) is 14.3. The zero-order valence-electron chi connectivity index (χ0n) is 11.1. The van der Waals surface area contributed by atoms with Crippen LogP contribution in [0.3, 0.4) is 0 Å². The molecule has 19 heavy (non-hydrogen) atoms. The van der Waals surface area contributed by atoms with Crippen molar-refractivity contribution in [3.05, 3.63) is 28.2 Å². The topological polar surface area (TPSA) is 55.6 Å². The molecule has 0 radical (unpaired) electrons. The van der Waals surface area contributed by atoms with Gasteiger partial charge in [0.25, 0.3) is 5.91 Å². The average Bonchev–Trinajstić information content (AvgIpc) is 2.42. The first-order valence-electron chi connectivity index (χ1n) is 6.46. The maximum atomic E-state index is 12.4. The Balaban J connectivity index is 2.03. The van der Waals surface area contributed by atoms with E-state index < -0.39 is 0 Å². The van der Waals surface area contributed by atoms with Crippen molar-refractivity contribution < 1.29 is 9.53 Å². The lowest BCUT2D eigenvalue weighted by Gasteiger charge is -2.27. The average molecular weight is 327 g/mol. The number of hydrogen-bond acceptors (Lipinski definition) is 3. The number of hydrogen-bond donors (Lipinski definition) is 1. The van der Waals surface area contributed by atoms with Crippen LogP contribution in [0.5, 0.6) is 0 Å². The lowest BCUT2D eigenvalue weighted by Crippen LogP contribution is -2.35. The summed E-state index contributed by atoms with van der Waals surface area (Å²) in [5.74, 6) is 0.389. The first-order valence-corrected chi connectivity index (χ1v) is 7.25. The fourth-order valence-electron chi connectivity index (χ4n) is 2.34. The van der Waals surface area contributed by atoms with E-state index in [0.29, 0.717) is 23.7 Å². The molecule has 1 saturated heterocycles. The lowest BCUT2D eigenvalue weighted by atomic mass is 10.0. The molecule has 1 aliphatic heterocycles. The molecule has 0 bridgehead atoms. The smallest absolute Gasteiger partial charge is 0.255 e. The number of nitrogens with two attached hydrogens (primary N) is 1. The van der Waals surface area contributed by atoms with Crippen molar-refractivity contribution in [2.24, 2.45) is 5.92 Å². The highest BCUT2D eigenvalue weighted by Gasteiger charge is 2.20. The Hall–Kier alpha value is -1.07. The molecule has 1 fully saturated rings. The number of rotatable bonds is 3. The minimum absolute atomic E-state index is 0.0376. The van der Waals surface area contributed by atoms with Crippen molar-refractivity contribution in [2.75, 3.05) is 32.5 Å². The first-order chi connectivity index (χ1) is 9.08. The highest BCUT2D eigenvalue weighted by atomic mass is 79.9. The van der Waals surface area contributed by atoms with E-state index in [2.05, 4.69) is 15.9 Å². The van der Waals surface area contributed by atoms with Crippen LogP contribution in [0, 0.1) is 5.92 Å². The molecule has 2 rings (SSSR count). The molecule has 0 aromatic heterocycles. The molecule has 0 saturated carbocycles. The van der Waals surface area contributed by atoms with Crippen LogP contribution in [0.4, 0.5) is 5.69 Å². The normalized spacial score (nSPS) is 19.2. The Morgan fingerprint density at radius 1 is 1.58 bits per heavy atom. The quantitative estimate of drug-likeness (QED) is 0.868. The van der Waals surface area contributed by atoms with Gasteiger partial charge in [0.05, 0.1) is 12.2 Å². The maximum absolute atomic E-state index is 12.4. The van der Waals surface area contributed by atoms with Gasteiger partial charge in [-0.1, -0.05) is 15.9 Å². The highest BCUT2D eigenvalue weighted by Crippen LogP contribution is 2.21. The van der Waals surface area contributed by atoms with Crippen LogP contribution in [-0.4, -0.2) is 37.6 Å². The Labute approximate surface area is 122 Å². The fourth-order valence-corrected chi connectivity index (χ4v) is 2.70. The largest absolute Gasteiger partial charge is 0.398 e. The van der Waals surface area contributed by atoms with Gasteiger partial charge in [0.15, 0.2) is 0 Å². The van der Waals surface area contributed by atoms with Gasteiger partial charge in [-0.15, -0.1) is 0 Å². The predicted octanol–water partition coefficient (Wildman–Crippen LogP) is 2.53. The van der Waals surface area contributed by atoms with E-state index >= 15 is 0 Å². The van der Waals surface area contributed by atoms with E-state index in [1.165, 1.54) is 0 Å². The highest BCUT2D eigenvalue weighted by molar-refractivity contribution is 9.10. The number of benzene rings is 1. The summed E-state index contributed by atoms with van der Waals surface area (Å²) in [6.45, 7) is 2.29. The third-order valence-electron chi connectivity index (χ3n) is 3.38. The number of halogens is 1. The van der Waals surface area contributed by atoms with Crippen LogP contribution in [-0.2, 0) is 4.74 Å². The lowest BCUT2D eigenvalue weighted by molar-refractivity contribution is 0.0389. The van der Waals surface area contributed by atoms with Crippen LogP contribution in [0.15, 0.2) is 22.7 Å². The van der Waals surface area contributed by atoms with Gasteiger partial charge >= 0.3 is 0 Å². The number of nitrogen functional groups attached to an aromatic ring is 1. The molecule has 5 heteroatoms. The van der Waals surface area contributed by atoms with E-state index in [4.69, 9.17) is 10.5 Å². The molecular weight excluding hydrogens is 308 g/mol. The molecule has 0 aliphatic carbocycles. The van der Waals surface area contributed by atoms with Crippen LogP contribution in [0.25, 0.3) is 0 Å². The third kappa shape index (κ3) is 3.70. The zero-order valence-corrected chi connectivity index (χ0v) is 12.6. The van der Waals surface area contributed by atoms with Crippen LogP contribution in [0.1, 0.15) is 23.2 Å². The molecule has 1 aliphatic rings. The standard InChI is InChI=1S/C14H19BrN2O2/c1-17(8-10-3-2-6-19-9-10)14(18)12-7-11(15)4-5-13(12)16/h4-5,7,10H,2-3,6,8-9,16H2,1H3. The number of ether oxygens (including phenoxy) is 1. The second kappa shape index (κ2) is 6.39. The number of nitrogens with zero attached hydrogens (tertiary/aromatic N) is 1. The van der Waals surface area contributed by atoms with E-state index in [0.717, 1.165) is 30.5 Å². The molecule has 1 heterocycles. The van der Waals surface area contributed by atoms with Crippen molar-refractivity contribution in [1.82, 2.24) is 4.90 Å². The van der Waals surface area contributed by atoms with Gasteiger partial charge in [0.1, 0.15) is 0 Å². The Morgan fingerprint density at radius 3 is 3.05 bits per heavy atom. The minimum atomic E-state index is -0.0376. The summed E-state index contributed by atoms with van der Waals surface area (Å²) in [5, 5.41) is 0. The summed E-state index contributed by atoms with van der Waals surface area (Å²) in [7, 11) is 1.82. The van der Waals surface area contributed by atoms with Crippen molar-refractivity contribution in [3.63, 3.8) is 0 Å². The van der Waals surface area contributed by atoms with Crippen LogP contribution in [0.2, 0.25) is 0 Å². The fraction of sp³-hybridized carbons (Fsp3) is 0.500. The molecule has 1 atom stereocenters. The second-order valence-corrected chi connectivity index (χ2v) is 5.92. The molecule has 1 amide bonds. The minimum Gasteiger partial charge on any atom is -0.398 e. The van der Waals surface area contributed by atoms with Crippen LogP contribution >= 0.6 is 15.9 Å². The van der Waals surface area contributed by atoms with Crippen molar-refractivity contribution >= 4 is 27.5 Å². The zero-order chi connectivity index (χ0) is 13.8. The molecule has 2 N–H and O–H groups in total. The Bertz CT molecular complexity index is 459. The molecule has 104 valence electrons. The van der Waals surface area contributed by atoms with Crippen LogP contribution < -0.4 is 5.73 Å². The number of carbonyl (C=O) groups is 1. The summed E-state index contributed by atoms with van der Waals surface area (Å²) >= 11 is 3.37. The maximum Gasteiger partial charge on any atom is 0.255 e. The van der Waals surface area contributed by atoms with E-state index in [9.17, 15) is 4.79 Å². The molecular formula is C14H19BrN2O2. The van der Waals surface area contributed by atoms with Crippen molar-refractivity contribution in [1.29, 1.82) is 0 Å². The number of carbonyl (C=O) groups excluding carboxylic acids is 1. The number of amides is 1. The molecule has 1 aromatic carbocycles.